The van der Waals surface area contributed by atoms with Gasteiger partial charge in [-0.05, 0) is 26.8 Å². The van der Waals surface area contributed by atoms with Crippen molar-refractivity contribution < 1.29 is 9.72 Å². The van der Waals surface area contributed by atoms with Crippen LogP contribution in [0.5, 0.6) is 0 Å². The lowest BCUT2D eigenvalue weighted by molar-refractivity contribution is -0.384. The Morgan fingerprint density at radius 2 is 2.05 bits per heavy atom. The van der Waals surface area contributed by atoms with E-state index in [1.165, 1.54) is 18.2 Å². The van der Waals surface area contributed by atoms with Crippen molar-refractivity contribution in [3.8, 4) is 0 Å². The quantitative estimate of drug-likeness (QED) is 0.433. The molecule has 7 nitrogen and oxygen atoms in total. The largest absolute Gasteiger partial charge is 0.397 e. The Morgan fingerprint density at radius 3 is 2.55 bits per heavy atom. The summed E-state index contributed by atoms with van der Waals surface area (Å²) in [6.07, 6.45) is 0.299. The van der Waals surface area contributed by atoms with Gasteiger partial charge in [-0.15, -0.1) is 0 Å². The monoisotopic (exact) mass is 280 g/mol. The summed E-state index contributed by atoms with van der Waals surface area (Å²) in [4.78, 5) is 21.7. The van der Waals surface area contributed by atoms with E-state index >= 15 is 0 Å². The summed E-state index contributed by atoms with van der Waals surface area (Å²) in [5, 5.41) is 16.4. The van der Waals surface area contributed by atoms with Gasteiger partial charge in [0.25, 0.3) is 5.69 Å². The first-order valence-corrected chi connectivity index (χ1v) is 6.28. The van der Waals surface area contributed by atoms with Crippen LogP contribution in [0.15, 0.2) is 18.2 Å². The predicted molar refractivity (Wildman–Crippen MR) is 78.5 cm³/mol. The molecular weight excluding hydrogens is 260 g/mol. The number of benzene rings is 1. The van der Waals surface area contributed by atoms with Gasteiger partial charge in [0.1, 0.15) is 0 Å². The molecule has 0 unspecified atom stereocenters. The highest BCUT2D eigenvalue weighted by molar-refractivity contribution is 5.77. The third-order valence-corrected chi connectivity index (χ3v) is 2.43. The van der Waals surface area contributed by atoms with Gasteiger partial charge in [-0.2, -0.15) is 0 Å². The second kappa shape index (κ2) is 6.23. The first kappa shape index (κ1) is 15.7. The molecule has 20 heavy (non-hydrogen) atoms. The van der Waals surface area contributed by atoms with E-state index in [2.05, 4.69) is 10.6 Å². The molecule has 0 aliphatic rings. The SMILES string of the molecule is CC(C)(C)NC(=O)CCNc1ccc([N+](=O)[O-])cc1N. The number of non-ortho nitro benzene ring substituents is 1. The van der Waals surface area contributed by atoms with Crippen LogP contribution >= 0.6 is 0 Å². The van der Waals surface area contributed by atoms with E-state index in [9.17, 15) is 14.9 Å². The summed E-state index contributed by atoms with van der Waals surface area (Å²) in [5.74, 6) is -0.0644. The molecule has 0 heterocycles. The molecule has 0 atom stereocenters. The van der Waals surface area contributed by atoms with Gasteiger partial charge in [0, 0.05) is 30.6 Å². The maximum atomic E-state index is 11.6. The van der Waals surface area contributed by atoms with Crippen LogP contribution in [0.1, 0.15) is 27.2 Å². The highest BCUT2D eigenvalue weighted by Crippen LogP contribution is 2.23. The number of amides is 1. The first-order chi connectivity index (χ1) is 9.19. The molecule has 1 amide bonds. The minimum atomic E-state index is -0.503. The van der Waals surface area contributed by atoms with E-state index in [4.69, 9.17) is 5.73 Å². The third kappa shape index (κ3) is 5.13. The minimum Gasteiger partial charge on any atom is -0.397 e. The maximum absolute atomic E-state index is 11.6. The van der Waals surface area contributed by atoms with E-state index in [1.807, 2.05) is 20.8 Å². The Bertz CT molecular complexity index is 509. The minimum absolute atomic E-state index is 0.0569. The van der Waals surface area contributed by atoms with Gasteiger partial charge >= 0.3 is 0 Å². The Balaban J connectivity index is 2.51. The second-order valence-corrected chi connectivity index (χ2v) is 5.50. The van der Waals surface area contributed by atoms with Gasteiger partial charge in [-0.25, -0.2) is 0 Å². The molecule has 1 aromatic rings. The van der Waals surface area contributed by atoms with Crippen LogP contribution in [-0.2, 0) is 4.79 Å². The molecule has 0 saturated carbocycles. The number of anilines is 2. The highest BCUT2D eigenvalue weighted by atomic mass is 16.6. The Morgan fingerprint density at radius 1 is 1.40 bits per heavy atom. The van der Waals surface area contributed by atoms with Crippen molar-refractivity contribution in [2.24, 2.45) is 0 Å². The smallest absolute Gasteiger partial charge is 0.271 e. The molecule has 0 fully saturated rings. The molecular formula is C13H20N4O3. The molecule has 0 aromatic heterocycles. The van der Waals surface area contributed by atoms with Crippen molar-refractivity contribution in [3.05, 3.63) is 28.3 Å². The van der Waals surface area contributed by atoms with Gasteiger partial charge in [-0.3, -0.25) is 14.9 Å². The molecule has 0 aliphatic heterocycles. The lowest BCUT2D eigenvalue weighted by Crippen LogP contribution is -2.41. The number of nitrogens with one attached hydrogen (secondary N) is 2. The average Bonchev–Trinajstić information content (AvgIpc) is 2.28. The predicted octanol–water partition coefficient (Wildman–Crippen LogP) is 1.89. The van der Waals surface area contributed by atoms with Gasteiger partial charge in [-0.1, -0.05) is 0 Å². The van der Waals surface area contributed by atoms with Crippen molar-refractivity contribution in [2.75, 3.05) is 17.6 Å². The number of nitrogens with two attached hydrogens (primary N) is 1. The summed E-state index contributed by atoms with van der Waals surface area (Å²) in [7, 11) is 0. The van der Waals surface area contributed by atoms with E-state index in [-0.39, 0.29) is 22.8 Å². The zero-order valence-electron chi connectivity index (χ0n) is 11.9. The number of nitro groups is 1. The van der Waals surface area contributed by atoms with Crippen LogP contribution in [0.3, 0.4) is 0 Å². The molecule has 0 aliphatic carbocycles. The van der Waals surface area contributed by atoms with Crippen LogP contribution in [-0.4, -0.2) is 22.9 Å². The molecule has 1 aromatic carbocycles. The molecule has 0 radical (unpaired) electrons. The average molecular weight is 280 g/mol. The van der Waals surface area contributed by atoms with Crippen LogP contribution < -0.4 is 16.4 Å². The van der Waals surface area contributed by atoms with Crippen molar-refractivity contribution in [1.29, 1.82) is 0 Å². The van der Waals surface area contributed by atoms with Gasteiger partial charge < -0.3 is 16.4 Å². The van der Waals surface area contributed by atoms with Crippen LogP contribution in [0.25, 0.3) is 0 Å². The summed E-state index contributed by atoms with van der Waals surface area (Å²) in [6.45, 7) is 6.13. The standard InChI is InChI=1S/C13H20N4O3/c1-13(2,3)16-12(18)6-7-15-11-5-4-9(17(19)20)8-10(11)14/h4-5,8,15H,6-7,14H2,1-3H3,(H,16,18). The summed E-state index contributed by atoms with van der Waals surface area (Å²) < 4.78 is 0. The van der Waals surface area contributed by atoms with Gasteiger partial charge in [0.05, 0.1) is 16.3 Å². The second-order valence-electron chi connectivity index (χ2n) is 5.50. The molecule has 0 spiro atoms. The number of nitrogens with zero attached hydrogens (tertiary/aromatic N) is 1. The molecule has 4 N–H and O–H groups in total. The zero-order chi connectivity index (χ0) is 15.3. The number of nitrogen functional groups attached to an aromatic ring is 1. The highest BCUT2D eigenvalue weighted by Gasteiger charge is 2.13. The van der Waals surface area contributed by atoms with Crippen molar-refractivity contribution >= 4 is 23.0 Å². The third-order valence-electron chi connectivity index (χ3n) is 2.43. The lowest BCUT2D eigenvalue weighted by Gasteiger charge is -2.20. The number of nitro benzene ring substituents is 1. The molecule has 1 rings (SSSR count). The normalized spacial score (nSPS) is 10.9. The molecule has 0 bridgehead atoms. The van der Waals surface area contributed by atoms with Gasteiger partial charge in [0.15, 0.2) is 0 Å². The first-order valence-electron chi connectivity index (χ1n) is 6.28. The van der Waals surface area contributed by atoms with Crippen molar-refractivity contribution in [2.45, 2.75) is 32.7 Å². The fourth-order valence-electron chi connectivity index (χ4n) is 1.62. The van der Waals surface area contributed by atoms with E-state index in [1.54, 1.807) is 0 Å². The van der Waals surface area contributed by atoms with E-state index < -0.39 is 4.92 Å². The van der Waals surface area contributed by atoms with Crippen molar-refractivity contribution in [3.63, 3.8) is 0 Å². The number of hydrogen-bond acceptors (Lipinski definition) is 5. The zero-order valence-corrected chi connectivity index (χ0v) is 11.9. The topological polar surface area (TPSA) is 110 Å². The molecule has 0 saturated heterocycles. The van der Waals surface area contributed by atoms with Crippen LogP contribution in [0, 0.1) is 10.1 Å². The molecule has 110 valence electrons. The van der Waals surface area contributed by atoms with Crippen LogP contribution in [0.2, 0.25) is 0 Å². The molecule has 7 heteroatoms. The number of rotatable bonds is 5. The summed E-state index contributed by atoms with van der Waals surface area (Å²) >= 11 is 0. The van der Waals surface area contributed by atoms with Gasteiger partial charge in [0.2, 0.25) is 5.91 Å². The lowest BCUT2D eigenvalue weighted by atomic mass is 10.1. The van der Waals surface area contributed by atoms with Crippen molar-refractivity contribution in [1.82, 2.24) is 5.32 Å². The number of hydrogen-bond donors (Lipinski definition) is 3. The summed E-state index contributed by atoms with van der Waals surface area (Å²) in [6, 6.07) is 4.20. The Hall–Kier alpha value is -2.31. The Kier molecular flexibility index (Phi) is 4.90. The number of carbonyl (C=O) groups is 1. The summed E-state index contributed by atoms with van der Waals surface area (Å²) in [5.41, 5.74) is 6.26. The number of carbonyl (C=O) groups excluding carboxylic acids is 1. The Labute approximate surface area is 117 Å². The van der Waals surface area contributed by atoms with E-state index in [0.717, 1.165) is 0 Å². The fourth-order valence-corrected chi connectivity index (χ4v) is 1.62. The fraction of sp³-hybridized carbons (Fsp3) is 0.462. The van der Waals surface area contributed by atoms with E-state index in [0.29, 0.717) is 18.7 Å². The maximum Gasteiger partial charge on any atom is 0.271 e. The van der Waals surface area contributed by atoms with Crippen LogP contribution in [0.4, 0.5) is 17.1 Å².